The first-order valence-corrected chi connectivity index (χ1v) is 4.90. The third-order valence-electron chi connectivity index (χ3n) is 2.63. The first-order chi connectivity index (χ1) is 7.50. The van der Waals surface area contributed by atoms with E-state index in [-0.39, 0.29) is 10.6 Å². The summed E-state index contributed by atoms with van der Waals surface area (Å²) in [4.78, 5) is 10.4. The Labute approximate surface area is 93.0 Å². The SMILES string of the molecule is C=C(C)c1cc([N+](=O)[O-])cc2ccn(C)c12. The van der Waals surface area contributed by atoms with Gasteiger partial charge < -0.3 is 4.57 Å². The van der Waals surface area contributed by atoms with Crippen LogP contribution in [0.4, 0.5) is 5.69 Å². The summed E-state index contributed by atoms with van der Waals surface area (Å²) in [6, 6.07) is 5.03. The molecule has 0 unspecified atom stereocenters. The second-order valence-electron chi connectivity index (χ2n) is 3.90. The molecule has 0 amide bonds. The number of allylic oxidation sites excluding steroid dienone is 1. The van der Waals surface area contributed by atoms with Crippen molar-refractivity contribution < 1.29 is 4.92 Å². The molecule has 1 aromatic heterocycles. The van der Waals surface area contributed by atoms with Crippen molar-refractivity contribution in [1.29, 1.82) is 0 Å². The van der Waals surface area contributed by atoms with Gasteiger partial charge in [0.15, 0.2) is 0 Å². The Morgan fingerprint density at radius 1 is 1.50 bits per heavy atom. The maximum atomic E-state index is 10.8. The van der Waals surface area contributed by atoms with E-state index in [4.69, 9.17) is 0 Å². The summed E-state index contributed by atoms with van der Waals surface area (Å²) in [6.45, 7) is 5.71. The largest absolute Gasteiger partial charge is 0.350 e. The molecule has 0 aliphatic heterocycles. The summed E-state index contributed by atoms with van der Waals surface area (Å²) >= 11 is 0. The van der Waals surface area contributed by atoms with Crippen LogP contribution in [-0.4, -0.2) is 9.49 Å². The Bertz CT molecular complexity index is 596. The number of hydrogen-bond donors (Lipinski definition) is 0. The fraction of sp³-hybridized carbons (Fsp3) is 0.167. The molecule has 1 aromatic carbocycles. The lowest BCUT2D eigenvalue weighted by Gasteiger charge is -2.05. The minimum Gasteiger partial charge on any atom is -0.350 e. The van der Waals surface area contributed by atoms with Crippen LogP contribution in [0, 0.1) is 10.1 Å². The smallest absolute Gasteiger partial charge is 0.270 e. The van der Waals surface area contributed by atoms with Crippen LogP contribution in [0.25, 0.3) is 16.5 Å². The molecule has 0 aliphatic carbocycles. The minimum atomic E-state index is -0.376. The van der Waals surface area contributed by atoms with E-state index >= 15 is 0 Å². The summed E-state index contributed by atoms with van der Waals surface area (Å²) in [6.07, 6.45) is 1.89. The number of aryl methyl sites for hydroxylation is 1. The molecule has 0 bridgehead atoms. The van der Waals surface area contributed by atoms with Crippen LogP contribution in [0.1, 0.15) is 12.5 Å². The van der Waals surface area contributed by atoms with E-state index in [1.807, 2.05) is 30.8 Å². The normalized spacial score (nSPS) is 10.6. The summed E-state index contributed by atoms with van der Waals surface area (Å²) in [7, 11) is 1.92. The van der Waals surface area contributed by atoms with E-state index < -0.39 is 0 Å². The second-order valence-corrected chi connectivity index (χ2v) is 3.90. The highest BCUT2D eigenvalue weighted by Crippen LogP contribution is 2.29. The molecule has 0 radical (unpaired) electrons. The average molecular weight is 216 g/mol. The Hall–Kier alpha value is -2.10. The lowest BCUT2D eigenvalue weighted by molar-refractivity contribution is -0.384. The van der Waals surface area contributed by atoms with E-state index in [0.29, 0.717) is 0 Å². The van der Waals surface area contributed by atoms with Gasteiger partial charge in [-0.2, -0.15) is 0 Å². The van der Waals surface area contributed by atoms with Crippen molar-refractivity contribution in [3.8, 4) is 0 Å². The fourth-order valence-corrected chi connectivity index (χ4v) is 1.86. The molecule has 0 saturated carbocycles. The Morgan fingerprint density at radius 2 is 2.19 bits per heavy atom. The van der Waals surface area contributed by atoms with E-state index in [0.717, 1.165) is 22.0 Å². The van der Waals surface area contributed by atoms with Gasteiger partial charge in [-0.3, -0.25) is 10.1 Å². The summed E-state index contributed by atoms with van der Waals surface area (Å²) in [5.74, 6) is 0. The fourth-order valence-electron chi connectivity index (χ4n) is 1.86. The van der Waals surface area contributed by atoms with Gasteiger partial charge in [0.2, 0.25) is 0 Å². The molecule has 0 fully saturated rings. The lowest BCUT2D eigenvalue weighted by Crippen LogP contribution is -1.93. The lowest BCUT2D eigenvalue weighted by atomic mass is 10.0. The highest BCUT2D eigenvalue weighted by Gasteiger charge is 2.13. The van der Waals surface area contributed by atoms with Gasteiger partial charge in [-0.25, -0.2) is 0 Å². The van der Waals surface area contributed by atoms with E-state index in [1.54, 1.807) is 12.1 Å². The molecule has 16 heavy (non-hydrogen) atoms. The number of fused-ring (bicyclic) bond motifs is 1. The Morgan fingerprint density at radius 3 is 2.75 bits per heavy atom. The van der Waals surface area contributed by atoms with Crippen LogP contribution in [0.3, 0.4) is 0 Å². The third kappa shape index (κ3) is 1.48. The highest BCUT2D eigenvalue weighted by atomic mass is 16.6. The number of nitro benzene ring substituents is 1. The van der Waals surface area contributed by atoms with Gasteiger partial charge in [0.05, 0.1) is 10.4 Å². The first-order valence-electron chi connectivity index (χ1n) is 4.90. The zero-order valence-electron chi connectivity index (χ0n) is 9.23. The number of nitro groups is 1. The quantitative estimate of drug-likeness (QED) is 0.572. The monoisotopic (exact) mass is 216 g/mol. The molecule has 0 saturated heterocycles. The predicted octanol–water partition coefficient (Wildman–Crippen LogP) is 3.12. The van der Waals surface area contributed by atoms with Crippen LogP contribution >= 0.6 is 0 Å². The maximum Gasteiger partial charge on any atom is 0.270 e. The number of hydrogen-bond acceptors (Lipinski definition) is 2. The van der Waals surface area contributed by atoms with Crippen LogP contribution < -0.4 is 0 Å². The average Bonchev–Trinajstić information content (AvgIpc) is 2.59. The first kappa shape index (κ1) is 10.4. The highest BCUT2D eigenvalue weighted by molar-refractivity contribution is 5.93. The summed E-state index contributed by atoms with van der Waals surface area (Å²) < 4.78 is 1.95. The number of aromatic nitrogens is 1. The predicted molar refractivity (Wildman–Crippen MR) is 64.3 cm³/mol. The zero-order valence-corrected chi connectivity index (χ0v) is 9.23. The van der Waals surface area contributed by atoms with Gasteiger partial charge in [-0.1, -0.05) is 6.58 Å². The summed E-state index contributed by atoms with van der Waals surface area (Å²) in [5.41, 5.74) is 2.75. The number of rotatable bonds is 2. The van der Waals surface area contributed by atoms with Crippen molar-refractivity contribution in [3.05, 3.63) is 46.7 Å². The van der Waals surface area contributed by atoms with Crippen LogP contribution in [0.5, 0.6) is 0 Å². The number of benzene rings is 1. The zero-order chi connectivity index (χ0) is 11.9. The number of non-ortho nitro benzene ring substituents is 1. The van der Waals surface area contributed by atoms with Crippen molar-refractivity contribution in [1.82, 2.24) is 4.57 Å². The number of nitrogens with zero attached hydrogens (tertiary/aromatic N) is 2. The van der Waals surface area contributed by atoms with Crippen molar-refractivity contribution >= 4 is 22.2 Å². The van der Waals surface area contributed by atoms with Crippen LogP contribution in [0.2, 0.25) is 0 Å². The van der Waals surface area contributed by atoms with Crippen LogP contribution in [-0.2, 0) is 7.05 Å². The second kappa shape index (κ2) is 3.48. The molecule has 4 heteroatoms. The van der Waals surface area contributed by atoms with Crippen LogP contribution in [0.15, 0.2) is 31.0 Å². The molecule has 2 aromatic rings. The molecule has 1 heterocycles. The third-order valence-corrected chi connectivity index (χ3v) is 2.63. The van der Waals surface area contributed by atoms with Crippen molar-refractivity contribution in [3.63, 3.8) is 0 Å². The minimum absolute atomic E-state index is 0.108. The molecule has 0 aliphatic rings. The van der Waals surface area contributed by atoms with Gasteiger partial charge in [0.1, 0.15) is 0 Å². The standard InChI is InChI=1S/C12H12N2O2/c1-8(2)11-7-10(14(15)16)6-9-4-5-13(3)12(9)11/h4-7H,1H2,2-3H3. The maximum absolute atomic E-state index is 10.8. The van der Waals surface area contributed by atoms with E-state index in [2.05, 4.69) is 6.58 Å². The van der Waals surface area contributed by atoms with Gasteiger partial charge >= 0.3 is 0 Å². The molecule has 82 valence electrons. The Balaban J connectivity index is 2.86. The molecule has 0 N–H and O–H groups in total. The molecule has 0 spiro atoms. The molecular formula is C12H12N2O2. The van der Waals surface area contributed by atoms with Crippen molar-refractivity contribution in [2.45, 2.75) is 6.92 Å². The van der Waals surface area contributed by atoms with E-state index in [9.17, 15) is 10.1 Å². The topological polar surface area (TPSA) is 48.1 Å². The van der Waals surface area contributed by atoms with Crippen molar-refractivity contribution in [2.75, 3.05) is 0 Å². The molecule has 0 atom stereocenters. The Kier molecular flexibility index (Phi) is 2.27. The van der Waals surface area contributed by atoms with Gasteiger partial charge in [-0.15, -0.1) is 0 Å². The van der Waals surface area contributed by atoms with Gasteiger partial charge in [-0.05, 0) is 18.6 Å². The van der Waals surface area contributed by atoms with Gasteiger partial charge in [0.25, 0.3) is 5.69 Å². The van der Waals surface area contributed by atoms with E-state index in [1.165, 1.54) is 0 Å². The molecule has 4 nitrogen and oxygen atoms in total. The van der Waals surface area contributed by atoms with Crippen molar-refractivity contribution in [2.24, 2.45) is 7.05 Å². The summed E-state index contributed by atoms with van der Waals surface area (Å²) in [5, 5.41) is 11.7. The molecular weight excluding hydrogens is 204 g/mol. The van der Waals surface area contributed by atoms with Gasteiger partial charge in [0, 0.05) is 36.3 Å². The molecule has 2 rings (SSSR count).